The third-order valence-corrected chi connectivity index (χ3v) is 4.85. The van der Waals surface area contributed by atoms with E-state index < -0.39 is 0 Å². The van der Waals surface area contributed by atoms with E-state index in [9.17, 15) is 4.79 Å². The largest absolute Gasteiger partial charge is 0.489 e. The maximum atomic E-state index is 12.5. The van der Waals surface area contributed by atoms with E-state index in [1.54, 1.807) is 0 Å². The molecule has 8 heteroatoms. The molecule has 2 N–H and O–H groups in total. The minimum Gasteiger partial charge on any atom is -0.489 e. The van der Waals surface area contributed by atoms with E-state index in [2.05, 4.69) is 25.7 Å². The van der Waals surface area contributed by atoms with Crippen molar-refractivity contribution in [1.82, 2.24) is 20.3 Å². The van der Waals surface area contributed by atoms with Gasteiger partial charge in [-0.25, -0.2) is 4.98 Å². The van der Waals surface area contributed by atoms with Gasteiger partial charge in [-0.1, -0.05) is 29.4 Å². The summed E-state index contributed by atoms with van der Waals surface area (Å²) in [5, 5.41) is 13.8. The summed E-state index contributed by atoms with van der Waals surface area (Å²) in [6, 6.07) is 14.9. The Kier molecular flexibility index (Phi) is 5.79. The summed E-state index contributed by atoms with van der Waals surface area (Å²) in [4.78, 5) is 16.8. The third kappa shape index (κ3) is 4.98. The maximum absolute atomic E-state index is 12.5. The number of anilines is 1. The van der Waals surface area contributed by atoms with Gasteiger partial charge in [-0.3, -0.25) is 9.89 Å². The molecule has 0 saturated carbocycles. The summed E-state index contributed by atoms with van der Waals surface area (Å²) in [5.41, 5.74) is 4.20. The van der Waals surface area contributed by atoms with Crippen LogP contribution in [0.4, 0.5) is 5.69 Å². The second-order valence-electron chi connectivity index (χ2n) is 7.29. The highest BCUT2D eigenvalue weighted by atomic mass is 16.5. The number of nitrogens with zero attached hydrogens (tertiary/aromatic N) is 3. The van der Waals surface area contributed by atoms with Crippen LogP contribution in [0.3, 0.4) is 0 Å². The molecular formula is C23H23N5O3. The van der Waals surface area contributed by atoms with Gasteiger partial charge in [0.25, 0.3) is 0 Å². The molecule has 0 unspecified atom stereocenters. The van der Waals surface area contributed by atoms with Gasteiger partial charge in [-0.2, -0.15) is 5.10 Å². The predicted molar refractivity (Wildman–Crippen MR) is 116 cm³/mol. The van der Waals surface area contributed by atoms with Crippen molar-refractivity contribution in [1.29, 1.82) is 0 Å². The molecular weight excluding hydrogens is 394 g/mol. The molecule has 0 saturated heterocycles. The van der Waals surface area contributed by atoms with Gasteiger partial charge in [0.15, 0.2) is 5.82 Å². The van der Waals surface area contributed by atoms with E-state index in [1.165, 1.54) is 0 Å². The van der Waals surface area contributed by atoms with E-state index >= 15 is 0 Å². The topological polar surface area (TPSA) is 106 Å². The van der Waals surface area contributed by atoms with E-state index in [-0.39, 0.29) is 12.3 Å². The molecule has 0 aliphatic heterocycles. The van der Waals surface area contributed by atoms with Crippen molar-refractivity contribution in [3.8, 4) is 17.1 Å². The number of aromatic nitrogens is 4. The van der Waals surface area contributed by atoms with Crippen molar-refractivity contribution in [3.63, 3.8) is 0 Å². The number of aromatic amines is 1. The molecule has 1 amide bonds. The lowest BCUT2D eigenvalue weighted by molar-refractivity contribution is -0.115. The van der Waals surface area contributed by atoms with Crippen molar-refractivity contribution < 1.29 is 14.1 Å². The van der Waals surface area contributed by atoms with Gasteiger partial charge in [0.2, 0.25) is 5.91 Å². The quantitative estimate of drug-likeness (QED) is 0.468. The predicted octanol–water partition coefficient (Wildman–Crippen LogP) is 4.15. The summed E-state index contributed by atoms with van der Waals surface area (Å²) < 4.78 is 11.0. The van der Waals surface area contributed by atoms with Gasteiger partial charge >= 0.3 is 0 Å². The van der Waals surface area contributed by atoms with Crippen molar-refractivity contribution >= 4 is 11.6 Å². The van der Waals surface area contributed by atoms with Crippen molar-refractivity contribution in [2.75, 3.05) is 5.32 Å². The molecule has 2 aromatic heterocycles. The first-order chi connectivity index (χ1) is 15.0. The van der Waals surface area contributed by atoms with Crippen LogP contribution in [0.5, 0.6) is 5.75 Å². The maximum Gasteiger partial charge on any atom is 0.228 e. The molecule has 2 heterocycles. The van der Waals surface area contributed by atoms with Crippen molar-refractivity contribution in [3.05, 3.63) is 76.9 Å². The zero-order valence-corrected chi connectivity index (χ0v) is 17.6. The number of hydrogen-bond acceptors (Lipinski definition) is 6. The smallest absolute Gasteiger partial charge is 0.228 e. The summed E-state index contributed by atoms with van der Waals surface area (Å²) in [7, 11) is 0. The van der Waals surface area contributed by atoms with Crippen molar-refractivity contribution in [2.24, 2.45) is 0 Å². The standard InChI is InChI=1S/C23H23N5O3/c1-14-21(15(2)31-28-14)13-30-20-9-7-17(8-10-20)11-22(29)25-19-6-4-5-18(12-19)23-24-16(3)26-27-23/h4-10,12H,11,13H2,1-3H3,(H,25,29)(H,24,26,27). The number of carbonyl (C=O) groups is 1. The molecule has 31 heavy (non-hydrogen) atoms. The molecule has 0 atom stereocenters. The number of amides is 1. The minimum atomic E-state index is -0.104. The molecule has 0 aliphatic carbocycles. The Balaban J connectivity index is 1.34. The number of benzene rings is 2. The zero-order valence-electron chi connectivity index (χ0n) is 17.6. The monoisotopic (exact) mass is 417 g/mol. The fourth-order valence-corrected chi connectivity index (χ4v) is 3.17. The molecule has 158 valence electrons. The zero-order chi connectivity index (χ0) is 21.8. The van der Waals surface area contributed by atoms with Crippen LogP contribution in [0, 0.1) is 20.8 Å². The average molecular weight is 417 g/mol. The van der Waals surface area contributed by atoms with Crippen LogP contribution in [0.25, 0.3) is 11.4 Å². The van der Waals surface area contributed by atoms with Gasteiger partial charge in [0.05, 0.1) is 17.7 Å². The molecule has 0 spiro atoms. The van der Waals surface area contributed by atoms with E-state index in [0.29, 0.717) is 18.1 Å². The SMILES string of the molecule is Cc1nc(-c2cccc(NC(=O)Cc3ccc(OCc4c(C)noc4C)cc3)c2)n[nH]1. The Bertz CT molecular complexity index is 1170. The van der Waals surface area contributed by atoms with Crippen molar-refractivity contribution in [2.45, 2.75) is 33.8 Å². The fourth-order valence-electron chi connectivity index (χ4n) is 3.17. The number of nitrogens with one attached hydrogen (secondary N) is 2. The normalized spacial score (nSPS) is 10.8. The molecule has 0 aliphatic rings. The first-order valence-corrected chi connectivity index (χ1v) is 9.91. The number of aryl methyl sites for hydroxylation is 3. The van der Waals surface area contributed by atoms with Crippen LogP contribution in [-0.2, 0) is 17.8 Å². The number of rotatable bonds is 7. The number of H-pyrrole nitrogens is 1. The first kappa shape index (κ1) is 20.3. The van der Waals surface area contributed by atoms with Crippen LogP contribution in [0.2, 0.25) is 0 Å². The van der Waals surface area contributed by atoms with Gasteiger partial charge in [-0.15, -0.1) is 0 Å². The summed E-state index contributed by atoms with van der Waals surface area (Å²) >= 11 is 0. The fraction of sp³-hybridized carbons (Fsp3) is 0.217. The van der Waals surface area contributed by atoms with Crippen LogP contribution < -0.4 is 10.1 Å². The summed E-state index contributed by atoms with van der Waals surface area (Å²) in [6.45, 7) is 5.98. The molecule has 4 rings (SSSR count). The Morgan fingerprint density at radius 3 is 2.61 bits per heavy atom. The number of hydrogen-bond donors (Lipinski definition) is 2. The second-order valence-corrected chi connectivity index (χ2v) is 7.29. The molecule has 8 nitrogen and oxygen atoms in total. The highest BCUT2D eigenvalue weighted by Gasteiger charge is 2.10. The molecule has 0 fully saturated rings. The average Bonchev–Trinajstić information content (AvgIpc) is 3.33. The van der Waals surface area contributed by atoms with Gasteiger partial charge < -0.3 is 14.6 Å². The van der Waals surface area contributed by atoms with Crippen LogP contribution in [0.15, 0.2) is 53.1 Å². The minimum absolute atomic E-state index is 0.104. The van der Waals surface area contributed by atoms with Gasteiger partial charge in [0.1, 0.15) is 23.9 Å². The highest BCUT2D eigenvalue weighted by molar-refractivity contribution is 5.92. The van der Waals surface area contributed by atoms with Crippen LogP contribution >= 0.6 is 0 Å². The Labute approximate surface area is 179 Å². The Morgan fingerprint density at radius 1 is 1.13 bits per heavy atom. The molecule has 0 radical (unpaired) electrons. The van der Waals surface area contributed by atoms with E-state index in [0.717, 1.165) is 39.7 Å². The summed E-state index contributed by atoms with van der Waals surface area (Å²) in [5.74, 6) is 2.71. The van der Waals surface area contributed by atoms with Crippen LogP contribution in [0.1, 0.15) is 28.4 Å². The van der Waals surface area contributed by atoms with E-state index in [1.807, 2.05) is 69.3 Å². The Morgan fingerprint density at radius 2 is 1.94 bits per heavy atom. The van der Waals surface area contributed by atoms with Gasteiger partial charge in [0, 0.05) is 11.3 Å². The lowest BCUT2D eigenvalue weighted by Crippen LogP contribution is -2.14. The van der Waals surface area contributed by atoms with Crippen LogP contribution in [-0.4, -0.2) is 26.2 Å². The lowest BCUT2D eigenvalue weighted by Gasteiger charge is -2.08. The molecule has 0 bridgehead atoms. The third-order valence-electron chi connectivity index (χ3n) is 4.85. The second kappa shape index (κ2) is 8.83. The lowest BCUT2D eigenvalue weighted by atomic mass is 10.1. The number of ether oxygens (including phenoxy) is 1. The molecule has 4 aromatic rings. The van der Waals surface area contributed by atoms with Gasteiger partial charge in [-0.05, 0) is 50.6 Å². The van der Waals surface area contributed by atoms with E-state index in [4.69, 9.17) is 9.26 Å². The summed E-state index contributed by atoms with van der Waals surface area (Å²) in [6.07, 6.45) is 0.258. The number of carbonyl (C=O) groups excluding carboxylic acids is 1. The highest BCUT2D eigenvalue weighted by Crippen LogP contribution is 2.21. The Hall–Kier alpha value is -3.94. The first-order valence-electron chi connectivity index (χ1n) is 9.91. The molecule has 2 aromatic carbocycles.